The van der Waals surface area contributed by atoms with Crippen LogP contribution in [-0.2, 0) is 0 Å². The Labute approximate surface area is 121 Å². The fourth-order valence-electron chi connectivity index (χ4n) is 2.61. The van der Waals surface area contributed by atoms with Crippen LogP contribution in [0.1, 0.15) is 43.5 Å². The molecule has 1 saturated carbocycles. The second-order valence-electron chi connectivity index (χ2n) is 5.56. The molecule has 1 N–H and O–H groups in total. The number of amides is 1. The second kappa shape index (κ2) is 6.04. The SMILES string of the molecule is CC1CCC(NC(=O)c2cc(F)ccc2Br)CC1C. The number of carbonyl (C=O) groups excluding carboxylic acids is 1. The summed E-state index contributed by atoms with van der Waals surface area (Å²) in [6.07, 6.45) is 3.14. The van der Waals surface area contributed by atoms with Crippen molar-refractivity contribution in [3.8, 4) is 0 Å². The molecule has 19 heavy (non-hydrogen) atoms. The molecule has 104 valence electrons. The van der Waals surface area contributed by atoms with Crippen LogP contribution in [0.4, 0.5) is 4.39 Å². The smallest absolute Gasteiger partial charge is 0.252 e. The van der Waals surface area contributed by atoms with Gasteiger partial charge in [0.25, 0.3) is 5.91 Å². The van der Waals surface area contributed by atoms with Crippen LogP contribution in [0.5, 0.6) is 0 Å². The topological polar surface area (TPSA) is 29.1 Å². The van der Waals surface area contributed by atoms with Crippen LogP contribution in [-0.4, -0.2) is 11.9 Å². The zero-order valence-corrected chi connectivity index (χ0v) is 12.8. The molecule has 0 aromatic heterocycles. The minimum atomic E-state index is -0.390. The van der Waals surface area contributed by atoms with Gasteiger partial charge in [-0.25, -0.2) is 4.39 Å². The maximum atomic E-state index is 13.2. The van der Waals surface area contributed by atoms with E-state index in [1.54, 1.807) is 6.07 Å². The van der Waals surface area contributed by atoms with Gasteiger partial charge < -0.3 is 5.32 Å². The summed E-state index contributed by atoms with van der Waals surface area (Å²) in [5, 5.41) is 3.02. The van der Waals surface area contributed by atoms with Crippen molar-refractivity contribution in [2.24, 2.45) is 11.8 Å². The van der Waals surface area contributed by atoms with E-state index in [9.17, 15) is 9.18 Å². The minimum absolute atomic E-state index is 0.196. The van der Waals surface area contributed by atoms with Crippen LogP contribution < -0.4 is 5.32 Å². The van der Waals surface area contributed by atoms with E-state index >= 15 is 0 Å². The first kappa shape index (κ1) is 14.5. The predicted octanol–water partition coefficient (Wildman–Crippen LogP) is 4.14. The lowest BCUT2D eigenvalue weighted by Gasteiger charge is -2.32. The Morgan fingerprint density at radius 3 is 2.74 bits per heavy atom. The van der Waals surface area contributed by atoms with Gasteiger partial charge >= 0.3 is 0 Å². The number of nitrogens with one attached hydrogen (secondary N) is 1. The van der Waals surface area contributed by atoms with Crippen molar-refractivity contribution in [1.29, 1.82) is 0 Å². The van der Waals surface area contributed by atoms with Crippen molar-refractivity contribution in [2.45, 2.75) is 39.2 Å². The average molecular weight is 328 g/mol. The van der Waals surface area contributed by atoms with Gasteiger partial charge in [-0.3, -0.25) is 4.79 Å². The minimum Gasteiger partial charge on any atom is -0.349 e. The lowest BCUT2D eigenvalue weighted by Crippen LogP contribution is -2.40. The Morgan fingerprint density at radius 2 is 2.05 bits per heavy atom. The molecule has 0 spiro atoms. The van der Waals surface area contributed by atoms with Crippen LogP contribution in [0, 0.1) is 17.7 Å². The van der Waals surface area contributed by atoms with Crippen molar-refractivity contribution in [3.63, 3.8) is 0 Å². The van der Waals surface area contributed by atoms with Gasteiger partial charge in [0.05, 0.1) is 5.56 Å². The molecule has 1 aliphatic rings. The van der Waals surface area contributed by atoms with Gasteiger partial charge in [0.15, 0.2) is 0 Å². The molecule has 0 heterocycles. The number of rotatable bonds is 2. The molecular formula is C15H19BrFNO. The van der Waals surface area contributed by atoms with E-state index in [1.165, 1.54) is 12.1 Å². The molecule has 0 aliphatic heterocycles. The first-order valence-corrected chi connectivity index (χ1v) is 7.52. The zero-order valence-electron chi connectivity index (χ0n) is 11.2. The Bertz CT molecular complexity index is 477. The van der Waals surface area contributed by atoms with Gasteiger partial charge in [0.1, 0.15) is 5.82 Å². The maximum absolute atomic E-state index is 13.2. The van der Waals surface area contributed by atoms with E-state index < -0.39 is 0 Å². The normalized spacial score (nSPS) is 27.1. The molecule has 3 unspecified atom stereocenters. The van der Waals surface area contributed by atoms with Crippen molar-refractivity contribution in [2.75, 3.05) is 0 Å². The monoisotopic (exact) mass is 327 g/mol. The van der Waals surface area contributed by atoms with Gasteiger partial charge in [-0.15, -0.1) is 0 Å². The molecule has 3 atom stereocenters. The third-order valence-electron chi connectivity index (χ3n) is 4.11. The van der Waals surface area contributed by atoms with Crippen LogP contribution in [0.3, 0.4) is 0 Å². The lowest BCUT2D eigenvalue weighted by atomic mass is 9.79. The van der Waals surface area contributed by atoms with Crippen LogP contribution in [0.2, 0.25) is 0 Å². The molecule has 2 rings (SSSR count). The summed E-state index contributed by atoms with van der Waals surface area (Å²) < 4.78 is 13.8. The average Bonchev–Trinajstić information content (AvgIpc) is 2.36. The zero-order chi connectivity index (χ0) is 14.0. The van der Waals surface area contributed by atoms with Gasteiger partial charge in [0.2, 0.25) is 0 Å². The third kappa shape index (κ3) is 3.56. The maximum Gasteiger partial charge on any atom is 0.252 e. The Balaban J connectivity index is 2.03. The number of benzene rings is 1. The Hall–Kier alpha value is -0.900. The van der Waals surface area contributed by atoms with Gasteiger partial charge in [-0.2, -0.15) is 0 Å². The van der Waals surface area contributed by atoms with Gasteiger partial charge in [0, 0.05) is 10.5 Å². The summed E-state index contributed by atoms with van der Waals surface area (Å²) in [5.41, 5.74) is 0.367. The summed E-state index contributed by atoms with van der Waals surface area (Å²) in [4.78, 5) is 12.2. The van der Waals surface area contributed by atoms with E-state index in [0.717, 1.165) is 19.3 Å². The van der Waals surface area contributed by atoms with E-state index in [-0.39, 0.29) is 17.8 Å². The largest absolute Gasteiger partial charge is 0.349 e. The highest BCUT2D eigenvalue weighted by Gasteiger charge is 2.26. The number of hydrogen-bond donors (Lipinski definition) is 1. The van der Waals surface area contributed by atoms with Crippen molar-refractivity contribution in [1.82, 2.24) is 5.32 Å². The fraction of sp³-hybridized carbons (Fsp3) is 0.533. The van der Waals surface area contributed by atoms with Gasteiger partial charge in [-0.05, 0) is 65.2 Å². The second-order valence-corrected chi connectivity index (χ2v) is 6.42. The highest BCUT2D eigenvalue weighted by Crippen LogP contribution is 2.29. The lowest BCUT2D eigenvalue weighted by molar-refractivity contribution is 0.0909. The molecule has 2 nitrogen and oxygen atoms in total. The Morgan fingerprint density at radius 1 is 1.32 bits per heavy atom. The first-order chi connectivity index (χ1) is 8.97. The molecule has 1 aromatic carbocycles. The molecule has 1 amide bonds. The molecule has 4 heteroatoms. The standard InChI is InChI=1S/C15H19BrFNO/c1-9-3-5-12(7-10(9)2)18-15(19)13-8-11(17)4-6-14(13)16/h4,6,8-10,12H,3,5,7H2,1-2H3,(H,18,19). The molecule has 1 aromatic rings. The van der Waals surface area contributed by atoms with E-state index in [4.69, 9.17) is 0 Å². The summed E-state index contributed by atoms with van der Waals surface area (Å²) in [6.45, 7) is 4.48. The first-order valence-electron chi connectivity index (χ1n) is 6.73. The highest BCUT2D eigenvalue weighted by molar-refractivity contribution is 9.10. The number of carbonyl (C=O) groups is 1. The van der Waals surface area contributed by atoms with Crippen LogP contribution >= 0.6 is 15.9 Å². The van der Waals surface area contributed by atoms with Crippen LogP contribution in [0.25, 0.3) is 0 Å². The quantitative estimate of drug-likeness (QED) is 0.868. The summed E-state index contributed by atoms with van der Waals surface area (Å²) in [6, 6.07) is 4.38. The number of hydrogen-bond acceptors (Lipinski definition) is 1. The molecule has 0 saturated heterocycles. The summed E-state index contributed by atoms with van der Waals surface area (Å²) in [5.74, 6) is 0.751. The van der Waals surface area contributed by atoms with E-state index in [1.807, 2.05) is 0 Å². The molecule has 1 fully saturated rings. The fourth-order valence-corrected chi connectivity index (χ4v) is 3.04. The van der Waals surface area contributed by atoms with E-state index in [2.05, 4.69) is 35.1 Å². The van der Waals surface area contributed by atoms with Crippen molar-refractivity contribution < 1.29 is 9.18 Å². The van der Waals surface area contributed by atoms with Gasteiger partial charge in [-0.1, -0.05) is 13.8 Å². The molecule has 1 aliphatic carbocycles. The number of halogens is 2. The summed E-state index contributed by atoms with van der Waals surface area (Å²) in [7, 11) is 0. The Kier molecular flexibility index (Phi) is 4.61. The third-order valence-corrected chi connectivity index (χ3v) is 4.80. The van der Waals surface area contributed by atoms with E-state index in [0.29, 0.717) is 21.9 Å². The predicted molar refractivity (Wildman–Crippen MR) is 77.5 cm³/mol. The highest BCUT2D eigenvalue weighted by atomic mass is 79.9. The molecular weight excluding hydrogens is 309 g/mol. The van der Waals surface area contributed by atoms with Crippen molar-refractivity contribution >= 4 is 21.8 Å². The van der Waals surface area contributed by atoms with Crippen LogP contribution in [0.15, 0.2) is 22.7 Å². The molecule has 0 radical (unpaired) electrons. The molecule has 0 bridgehead atoms. The summed E-state index contributed by atoms with van der Waals surface area (Å²) >= 11 is 3.29. The van der Waals surface area contributed by atoms with Crippen molar-refractivity contribution in [3.05, 3.63) is 34.1 Å².